The highest BCUT2D eigenvalue weighted by molar-refractivity contribution is 7.09. The number of hydrogen-bond donors (Lipinski definition) is 2. The van der Waals surface area contributed by atoms with Crippen molar-refractivity contribution in [1.82, 2.24) is 0 Å². The molecule has 0 unspecified atom stereocenters. The van der Waals surface area contributed by atoms with E-state index in [1.807, 2.05) is 17.5 Å². The molecule has 2 N–H and O–H groups in total. The van der Waals surface area contributed by atoms with Gasteiger partial charge in [0.1, 0.15) is 0 Å². The van der Waals surface area contributed by atoms with E-state index in [1.165, 1.54) is 4.88 Å². The van der Waals surface area contributed by atoms with Crippen LogP contribution in [0.25, 0.3) is 0 Å². The summed E-state index contributed by atoms with van der Waals surface area (Å²) in [7, 11) is 0. The van der Waals surface area contributed by atoms with E-state index in [9.17, 15) is 0 Å². The largest absolute Gasteiger partial charge is 0.396 e. The Labute approximate surface area is 70.1 Å². The van der Waals surface area contributed by atoms with Crippen molar-refractivity contribution in [3.05, 3.63) is 22.4 Å². The predicted octanol–water partition coefficient (Wildman–Crippen LogP) is 0.891. The van der Waals surface area contributed by atoms with Crippen molar-refractivity contribution < 1.29 is 10.2 Å². The Balaban J connectivity index is 2.41. The Morgan fingerprint density at radius 3 is 2.55 bits per heavy atom. The lowest BCUT2D eigenvalue weighted by molar-refractivity contribution is 0.150. The zero-order chi connectivity index (χ0) is 8.10. The number of aliphatic hydroxyl groups is 2. The van der Waals surface area contributed by atoms with E-state index >= 15 is 0 Å². The molecule has 62 valence electrons. The molecule has 0 aromatic carbocycles. The van der Waals surface area contributed by atoms with Crippen molar-refractivity contribution in [3.8, 4) is 0 Å². The quantitative estimate of drug-likeness (QED) is 0.708. The van der Waals surface area contributed by atoms with E-state index in [2.05, 4.69) is 0 Å². The van der Waals surface area contributed by atoms with Crippen molar-refractivity contribution in [3.63, 3.8) is 0 Å². The van der Waals surface area contributed by atoms with Crippen LogP contribution in [0, 0.1) is 5.92 Å². The second-order valence-electron chi connectivity index (χ2n) is 2.51. The van der Waals surface area contributed by atoms with Gasteiger partial charge in [-0.15, -0.1) is 11.3 Å². The summed E-state index contributed by atoms with van der Waals surface area (Å²) in [6.45, 7) is 0.128. The average Bonchev–Trinajstić information content (AvgIpc) is 2.52. The Kier molecular flexibility index (Phi) is 3.56. The van der Waals surface area contributed by atoms with Crippen molar-refractivity contribution in [2.24, 2.45) is 5.92 Å². The summed E-state index contributed by atoms with van der Waals surface area (Å²) in [5, 5.41) is 19.5. The second kappa shape index (κ2) is 4.49. The van der Waals surface area contributed by atoms with E-state index in [0.717, 1.165) is 6.42 Å². The molecule has 0 fully saturated rings. The minimum atomic E-state index is 0.00801. The molecule has 0 saturated heterocycles. The van der Waals surface area contributed by atoms with E-state index in [-0.39, 0.29) is 19.1 Å². The molecule has 0 spiro atoms. The van der Waals surface area contributed by atoms with Gasteiger partial charge in [0.25, 0.3) is 0 Å². The molecule has 0 aliphatic carbocycles. The van der Waals surface area contributed by atoms with Crippen LogP contribution in [-0.2, 0) is 6.42 Å². The fourth-order valence-corrected chi connectivity index (χ4v) is 1.72. The lowest BCUT2D eigenvalue weighted by atomic mass is 10.1. The van der Waals surface area contributed by atoms with Gasteiger partial charge in [-0.2, -0.15) is 0 Å². The third-order valence-electron chi connectivity index (χ3n) is 1.59. The third kappa shape index (κ3) is 2.61. The summed E-state index contributed by atoms with van der Waals surface area (Å²) in [6, 6.07) is 3.99. The lowest BCUT2D eigenvalue weighted by Gasteiger charge is -2.07. The van der Waals surface area contributed by atoms with Gasteiger partial charge in [-0.05, 0) is 17.9 Å². The first kappa shape index (κ1) is 8.71. The molecule has 1 heterocycles. The fraction of sp³-hybridized carbons (Fsp3) is 0.500. The molecule has 0 saturated carbocycles. The molecule has 0 amide bonds. The van der Waals surface area contributed by atoms with Crippen molar-refractivity contribution in [2.75, 3.05) is 13.2 Å². The Hall–Kier alpha value is -0.380. The minimum absolute atomic E-state index is 0.00801. The van der Waals surface area contributed by atoms with Crippen LogP contribution in [0.2, 0.25) is 0 Å². The molecule has 1 aromatic rings. The summed E-state index contributed by atoms with van der Waals surface area (Å²) >= 11 is 1.66. The smallest absolute Gasteiger partial charge is 0.0484 e. The van der Waals surface area contributed by atoms with Gasteiger partial charge in [0.15, 0.2) is 0 Å². The van der Waals surface area contributed by atoms with Crippen molar-refractivity contribution >= 4 is 11.3 Å². The molecule has 0 aliphatic rings. The Morgan fingerprint density at radius 2 is 2.09 bits per heavy atom. The van der Waals surface area contributed by atoms with Gasteiger partial charge >= 0.3 is 0 Å². The first-order chi connectivity index (χ1) is 5.36. The molecule has 0 aliphatic heterocycles. The van der Waals surface area contributed by atoms with Crippen LogP contribution in [0.15, 0.2) is 17.5 Å². The topological polar surface area (TPSA) is 40.5 Å². The maximum absolute atomic E-state index is 8.77. The Morgan fingerprint density at radius 1 is 1.36 bits per heavy atom. The van der Waals surface area contributed by atoms with Crippen LogP contribution in [0.5, 0.6) is 0 Å². The molecular formula is C8H12O2S. The molecule has 11 heavy (non-hydrogen) atoms. The summed E-state index contributed by atoms with van der Waals surface area (Å²) < 4.78 is 0. The third-order valence-corrected chi connectivity index (χ3v) is 2.49. The zero-order valence-electron chi connectivity index (χ0n) is 6.23. The number of rotatable bonds is 4. The molecule has 0 atom stereocenters. The summed E-state index contributed by atoms with van der Waals surface area (Å²) in [5.41, 5.74) is 0. The summed E-state index contributed by atoms with van der Waals surface area (Å²) in [4.78, 5) is 1.22. The van der Waals surface area contributed by atoms with Gasteiger partial charge in [-0.3, -0.25) is 0 Å². The van der Waals surface area contributed by atoms with Gasteiger partial charge in [-0.25, -0.2) is 0 Å². The zero-order valence-corrected chi connectivity index (χ0v) is 7.05. The maximum Gasteiger partial charge on any atom is 0.0484 e. The van der Waals surface area contributed by atoms with Crippen LogP contribution >= 0.6 is 11.3 Å². The molecule has 0 radical (unpaired) electrons. The van der Waals surface area contributed by atoms with Gasteiger partial charge < -0.3 is 10.2 Å². The molecule has 1 rings (SSSR count). The minimum Gasteiger partial charge on any atom is -0.396 e. The standard InChI is InChI=1S/C8H12O2S/c9-5-7(6-10)4-8-2-1-3-11-8/h1-3,7,9-10H,4-6H2. The summed E-state index contributed by atoms with van der Waals surface area (Å²) in [5.74, 6) is 0.00801. The molecular weight excluding hydrogens is 160 g/mol. The van der Waals surface area contributed by atoms with Gasteiger partial charge in [0, 0.05) is 24.0 Å². The lowest BCUT2D eigenvalue weighted by Crippen LogP contribution is -2.13. The van der Waals surface area contributed by atoms with E-state index in [1.54, 1.807) is 11.3 Å². The predicted molar refractivity (Wildman–Crippen MR) is 45.7 cm³/mol. The van der Waals surface area contributed by atoms with E-state index < -0.39 is 0 Å². The molecule has 1 aromatic heterocycles. The van der Waals surface area contributed by atoms with E-state index in [0.29, 0.717) is 0 Å². The monoisotopic (exact) mass is 172 g/mol. The molecule has 2 nitrogen and oxygen atoms in total. The highest BCUT2D eigenvalue weighted by Crippen LogP contribution is 2.13. The number of hydrogen-bond acceptors (Lipinski definition) is 3. The number of aliphatic hydroxyl groups excluding tert-OH is 2. The fourth-order valence-electron chi connectivity index (χ4n) is 0.900. The van der Waals surface area contributed by atoms with E-state index in [4.69, 9.17) is 10.2 Å². The first-order valence-corrected chi connectivity index (χ1v) is 4.49. The first-order valence-electron chi connectivity index (χ1n) is 3.61. The maximum atomic E-state index is 8.77. The molecule has 3 heteroatoms. The van der Waals surface area contributed by atoms with Gasteiger partial charge in [-0.1, -0.05) is 6.07 Å². The van der Waals surface area contributed by atoms with Crippen LogP contribution in [0.4, 0.5) is 0 Å². The highest BCUT2D eigenvalue weighted by Gasteiger charge is 2.06. The SMILES string of the molecule is OCC(CO)Cc1cccs1. The second-order valence-corrected chi connectivity index (χ2v) is 3.55. The molecule has 0 bridgehead atoms. The average molecular weight is 172 g/mol. The Bertz CT molecular complexity index is 180. The summed E-state index contributed by atoms with van der Waals surface area (Å²) in [6.07, 6.45) is 0.782. The number of thiophene rings is 1. The normalized spacial score (nSPS) is 10.8. The van der Waals surface area contributed by atoms with Crippen LogP contribution in [0.1, 0.15) is 4.88 Å². The van der Waals surface area contributed by atoms with Crippen molar-refractivity contribution in [2.45, 2.75) is 6.42 Å². The van der Waals surface area contributed by atoms with Crippen molar-refractivity contribution in [1.29, 1.82) is 0 Å². The van der Waals surface area contributed by atoms with Crippen LogP contribution < -0.4 is 0 Å². The highest BCUT2D eigenvalue weighted by atomic mass is 32.1. The van der Waals surface area contributed by atoms with Gasteiger partial charge in [0.2, 0.25) is 0 Å². The van der Waals surface area contributed by atoms with Gasteiger partial charge in [0.05, 0.1) is 0 Å². The van der Waals surface area contributed by atoms with Crippen LogP contribution in [-0.4, -0.2) is 23.4 Å². The van der Waals surface area contributed by atoms with Crippen LogP contribution in [0.3, 0.4) is 0 Å².